The molecule has 0 aromatic heterocycles. The molecule has 2 atom stereocenters. The molecule has 0 radical (unpaired) electrons. The fourth-order valence-corrected chi connectivity index (χ4v) is 2.14. The van der Waals surface area contributed by atoms with Crippen molar-refractivity contribution in [1.29, 1.82) is 0 Å². The van der Waals surface area contributed by atoms with Gasteiger partial charge in [0.15, 0.2) is 0 Å². The van der Waals surface area contributed by atoms with E-state index in [0.29, 0.717) is 19.3 Å². The first-order chi connectivity index (χ1) is 9.87. The van der Waals surface area contributed by atoms with E-state index in [1.165, 1.54) is 0 Å². The van der Waals surface area contributed by atoms with Crippen molar-refractivity contribution in [2.24, 2.45) is 11.7 Å². The number of halogens is 1. The summed E-state index contributed by atoms with van der Waals surface area (Å²) in [5, 5.41) is 18.3. The molecule has 0 saturated heterocycles. The number of nitrogens with two attached hydrogens (primary N) is 1. The summed E-state index contributed by atoms with van der Waals surface area (Å²) < 4.78 is 0. The molecule has 4 N–H and O–H groups in total. The third-order valence-electron chi connectivity index (χ3n) is 3.73. The van der Waals surface area contributed by atoms with Gasteiger partial charge in [0.2, 0.25) is 0 Å². The molecule has 0 saturated carbocycles. The number of hydrogen-bond donors (Lipinski definition) is 3. The van der Waals surface area contributed by atoms with Crippen molar-refractivity contribution in [3.05, 3.63) is 12.2 Å². The molecule has 22 heavy (non-hydrogen) atoms. The Morgan fingerprint density at radius 1 is 1.14 bits per heavy atom. The average molecular weight is 336 g/mol. The van der Waals surface area contributed by atoms with Crippen molar-refractivity contribution in [3.8, 4) is 0 Å². The molecule has 0 aliphatic heterocycles. The maximum Gasteiger partial charge on any atom is 0.323 e. The highest BCUT2D eigenvalue weighted by molar-refractivity contribution is 5.85. The zero-order valence-electron chi connectivity index (χ0n) is 13.6. The van der Waals surface area contributed by atoms with Crippen LogP contribution >= 0.6 is 12.4 Å². The molecule has 0 heterocycles. The van der Waals surface area contributed by atoms with Crippen LogP contribution in [0.3, 0.4) is 0 Å². The lowest BCUT2D eigenvalue weighted by Crippen LogP contribution is -2.47. The summed E-state index contributed by atoms with van der Waals surface area (Å²) in [5.41, 5.74) is 4.68. The molecule has 0 rings (SSSR count). The van der Waals surface area contributed by atoms with E-state index < -0.39 is 23.4 Å². The van der Waals surface area contributed by atoms with Gasteiger partial charge in [0.05, 0.1) is 5.92 Å². The van der Waals surface area contributed by atoms with Crippen LogP contribution in [0, 0.1) is 5.92 Å². The van der Waals surface area contributed by atoms with Crippen molar-refractivity contribution in [3.63, 3.8) is 0 Å². The van der Waals surface area contributed by atoms with E-state index in [9.17, 15) is 14.7 Å². The molecule has 5 nitrogen and oxygen atoms in total. The second kappa shape index (κ2) is 12.5. The van der Waals surface area contributed by atoms with Crippen molar-refractivity contribution in [1.82, 2.24) is 0 Å². The van der Waals surface area contributed by atoms with Crippen LogP contribution in [0.2, 0.25) is 0 Å². The number of carbonyl (C=O) groups is 2. The minimum absolute atomic E-state index is 0. The molecular formula is C16H30ClNO4. The standard InChI is InChI=1S/C16H29NO4.ClH/c1-3-5-9-13(14(18)19)10-7-8-12-16(17,15(20)21)11-6-4-2;/h7-8,13H,3-6,9-12,17H2,1-2H3,(H,18,19)(H,20,21);1H. The molecule has 0 aliphatic rings. The van der Waals surface area contributed by atoms with Crippen molar-refractivity contribution in [2.45, 2.75) is 70.8 Å². The Labute approximate surface area is 139 Å². The first kappa shape index (κ1) is 23.2. The summed E-state index contributed by atoms with van der Waals surface area (Å²) in [6.07, 6.45) is 8.74. The molecule has 0 amide bonds. The zero-order chi connectivity index (χ0) is 16.3. The maximum atomic E-state index is 11.3. The van der Waals surface area contributed by atoms with Gasteiger partial charge >= 0.3 is 11.9 Å². The lowest BCUT2D eigenvalue weighted by atomic mass is 9.89. The summed E-state index contributed by atoms with van der Waals surface area (Å²) >= 11 is 0. The van der Waals surface area contributed by atoms with E-state index in [2.05, 4.69) is 0 Å². The Balaban J connectivity index is 0. The van der Waals surface area contributed by atoms with Crippen LogP contribution in [0.1, 0.15) is 65.2 Å². The second-order valence-corrected chi connectivity index (χ2v) is 5.65. The highest BCUT2D eigenvalue weighted by atomic mass is 35.5. The predicted octanol–water partition coefficient (Wildman–Crippen LogP) is 3.61. The van der Waals surface area contributed by atoms with Gasteiger partial charge in [-0.05, 0) is 25.7 Å². The third kappa shape index (κ3) is 9.05. The molecule has 0 aromatic rings. The normalized spacial score (nSPS) is 15.0. The molecule has 2 unspecified atom stereocenters. The molecule has 0 spiro atoms. The first-order valence-corrected chi connectivity index (χ1v) is 7.77. The summed E-state index contributed by atoms with van der Waals surface area (Å²) in [6.45, 7) is 4.02. The fraction of sp³-hybridized carbons (Fsp3) is 0.750. The summed E-state index contributed by atoms with van der Waals surface area (Å²) in [7, 11) is 0. The highest BCUT2D eigenvalue weighted by Crippen LogP contribution is 2.19. The SMILES string of the molecule is CCCCC(CC=CCC(N)(CCCC)C(=O)O)C(=O)O.Cl. The fourth-order valence-electron chi connectivity index (χ4n) is 2.14. The quantitative estimate of drug-likeness (QED) is 0.473. The molecular weight excluding hydrogens is 306 g/mol. The van der Waals surface area contributed by atoms with E-state index in [4.69, 9.17) is 10.8 Å². The van der Waals surface area contributed by atoms with Gasteiger partial charge in [-0.3, -0.25) is 9.59 Å². The van der Waals surface area contributed by atoms with E-state index in [0.717, 1.165) is 25.7 Å². The topological polar surface area (TPSA) is 101 Å². The number of rotatable bonds is 12. The van der Waals surface area contributed by atoms with Gasteiger partial charge < -0.3 is 15.9 Å². The van der Waals surface area contributed by atoms with E-state index in [1.54, 1.807) is 12.2 Å². The predicted molar refractivity (Wildman–Crippen MR) is 90.4 cm³/mol. The first-order valence-electron chi connectivity index (χ1n) is 7.77. The van der Waals surface area contributed by atoms with Crippen molar-refractivity contribution < 1.29 is 19.8 Å². The van der Waals surface area contributed by atoms with Gasteiger partial charge in [0.25, 0.3) is 0 Å². The minimum atomic E-state index is -1.24. The molecule has 0 aromatic carbocycles. The Morgan fingerprint density at radius 2 is 1.73 bits per heavy atom. The number of aliphatic carboxylic acids is 2. The largest absolute Gasteiger partial charge is 0.481 e. The lowest BCUT2D eigenvalue weighted by molar-refractivity contribution is -0.144. The van der Waals surface area contributed by atoms with Crippen LogP contribution in [0.25, 0.3) is 0 Å². The number of carboxylic acid groups (broad SMARTS) is 2. The van der Waals surface area contributed by atoms with E-state index in [1.807, 2.05) is 13.8 Å². The van der Waals surface area contributed by atoms with Crippen molar-refractivity contribution >= 4 is 24.3 Å². The van der Waals surface area contributed by atoms with E-state index in [-0.39, 0.29) is 18.8 Å². The number of unbranched alkanes of at least 4 members (excludes halogenated alkanes) is 2. The summed E-state index contributed by atoms with van der Waals surface area (Å²) in [4.78, 5) is 22.3. The maximum absolute atomic E-state index is 11.3. The molecule has 6 heteroatoms. The molecule has 0 bridgehead atoms. The Kier molecular flexibility index (Phi) is 13.2. The Hall–Kier alpha value is -1.07. The van der Waals surface area contributed by atoms with Gasteiger partial charge in [0.1, 0.15) is 5.54 Å². The van der Waals surface area contributed by atoms with E-state index >= 15 is 0 Å². The van der Waals surface area contributed by atoms with Gasteiger partial charge in [0, 0.05) is 0 Å². The van der Waals surface area contributed by atoms with Crippen LogP contribution in [-0.4, -0.2) is 27.7 Å². The van der Waals surface area contributed by atoms with Crippen molar-refractivity contribution in [2.75, 3.05) is 0 Å². The number of allylic oxidation sites excluding steroid dienone is 1. The molecule has 0 fully saturated rings. The van der Waals surface area contributed by atoms with Gasteiger partial charge in [-0.25, -0.2) is 0 Å². The summed E-state index contributed by atoms with van der Waals surface area (Å²) in [6, 6.07) is 0. The molecule has 130 valence electrons. The lowest BCUT2D eigenvalue weighted by Gasteiger charge is -2.22. The Morgan fingerprint density at radius 3 is 2.18 bits per heavy atom. The highest BCUT2D eigenvalue weighted by Gasteiger charge is 2.31. The molecule has 0 aliphatic carbocycles. The monoisotopic (exact) mass is 335 g/mol. The van der Waals surface area contributed by atoms with Crippen LogP contribution in [0.5, 0.6) is 0 Å². The van der Waals surface area contributed by atoms with Crippen LogP contribution in [0.4, 0.5) is 0 Å². The summed E-state index contributed by atoms with van der Waals surface area (Å²) in [5.74, 6) is -2.19. The second-order valence-electron chi connectivity index (χ2n) is 5.65. The van der Waals surface area contributed by atoms with Gasteiger partial charge in [-0.1, -0.05) is 51.7 Å². The number of hydrogen-bond acceptors (Lipinski definition) is 3. The Bertz CT molecular complexity index is 360. The van der Waals surface area contributed by atoms with Crippen LogP contribution in [-0.2, 0) is 9.59 Å². The smallest absolute Gasteiger partial charge is 0.323 e. The van der Waals surface area contributed by atoms with Gasteiger partial charge in [-0.2, -0.15) is 0 Å². The average Bonchev–Trinajstić information content (AvgIpc) is 2.43. The zero-order valence-corrected chi connectivity index (χ0v) is 14.4. The third-order valence-corrected chi connectivity index (χ3v) is 3.73. The minimum Gasteiger partial charge on any atom is -0.481 e. The van der Waals surface area contributed by atoms with Crippen LogP contribution < -0.4 is 5.73 Å². The van der Waals surface area contributed by atoms with Gasteiger partial charge in [-0.15, -0.1) is 12.4 Å². The van der Waals surface area contributed by atoms with Crippen LogP contribution in [0.15, 0.2) is 12.2 Å². The number of carboxylic acids is 2.